The van der Waals surface area contributed by atoms with E-state index in [-0.39, 0.29) is 25.1 Å². The molecular formula is C16H22ClN3O4S. The van der Waals surface area contributed by atoms with Gasteiger partial charge in [-0.2, -0.15) is 0 Å². The van der Waals surface area contributed by atoms with Crippen molar-refractivity contribution >= 4 is 27.5 Å². The van der Waals surface area contributed by atoms with Gasteiger partial charge in [-0.25, -0.2) is 13.1 Å². The van der Waals surface area contributed by atoms with Crippen LogP contribution in [-0.2, 0) is 21.4 Å². The van der Waals surface area contributed by atoms with E-state index in [0.29, 0.717) is 36.7 Å². The van der Waals surface area contributed by atoms with Crippen LogP contribution in [0.5, 0.6) is 5.75 Å². The van der Waals surface area contributed by atoms with Gasteiger partial charge in [-0.1, -0.05) is 18.2 Å². The monoisotopic (exact) mass is 387 g/mol. The number of nitrogens with one attached hydrogen (secondary N) is 1. The second kappa shape index (κ2) is 8.66. The minimum atomic E-state index is -3.45. The maximum absolute atomic E-state index is 12.3. The molecule has 1 heterocycles. The van der Waals surface area contributed by atoms with Gasteiger partial charge in [0.15, 0.2) is 6.61 Å². The predicted molar refractivity (Wildman–Crippen MR) is 96.7 cm³/mol. The Morgan fingerprint density at radius 3 is 2.72 bits per heavy atom. The summed E-state index contributed by atoms with van der Waals surface area (Å²) in [6.45, 7) is 4.37. The number of sulfonamides is 1. The summed E-state index contributed by atoms with van der Waals surface area (Å²) in [7, 11) is -3.45. The second-order valence-corrected chi connectivity index (χ2v) is 7.82. The fraction of sp³-hybridized carbons (Fsp3) is 0.438. The molecule has 3 N–H and O–H groups in total. The molecule has 1 aliphatic heterocycles. The molecule has 0 radical (unpaired) electrons. The van der Waals surface area contributed by atoms with Crippen LogP contribution < -0.4 is 15.2 Å². The number of hydrogen-bond donors (Lipinski definition) is 2. The lowest BCUT2D eigenvalue weighted by molar-refractivity contribution is -0.134. The van der Waals surface area contributed by atoms with Crippen LogP contribution >= 0.6 is 11.6 Å². The number of nitrogens with two attached hydrogens (primary N) is 1. The number of ether oxygens (including phenoxy) is 1. The summed E-state index contributed by atoms with van der Waals surface area (Å²) in [6.07, 6.45) is 1.10. The molecular weight excluding hydrogens is 366 g/mol. The number of hydrogen-bond acceptors (Lipinski definition) is 5. The molecule has 0 aliphatic carbocycles. The Kier molecular flexibility index (Phi) is 6.83. The molecule has 7 nitrogen and oxygen atoms in total. The fourth-order valence-corrected chi connectivity index (χ4v) is 3.60. The van der Waals surface area contributed by atoms with Gasteiger partial charge in [0.25, 0.3) is 5.91 Å². The summed E-state index contributed by atoms with van der Waals surface area (Å²) >= 11 is 5.91. The summed E-state index contributed by atoms with van der Waals surface area (Å²) in [5.74, 6) is 0.386. The molecule has 0 aromatic heterocycles. The Morgan fingerprint density at radius 2 is 2.12 bits per heavy atom. The van der Waals surface area contributed by atoms with Gasteiger partial charge in [0.05, 0.1) is 0 Å². The lowest BCUT2D eigenvalue weighted by Crippen LogP contribution is -2.47. The van der Waals surface area contributed by atoms with E-state index in [4.69, 9.17) is 22.1 Å². The summed E-state index contributed by atoms with van der Waals surface area (Å²) in [4.78, 5) is 13.9. The normalized spacial score (nSPS) is 15.8. The third-order valence-corrected chi connectivity index (χ3v) is 5.33. The van der Waals surface area contributed by atoms with Crippen LogP contribution in [-0.4, -0.2) is 45.0 Å². The van der Waals surface area contributed by atoms with Crippen molar-refractivity contribution < 1.29 is 17.9 Å². The predicted octanol–water partition coefficient (Wildman–Crippen LogP) is 1.23. The molecule has 0 spiro atoms. The molecule has 1 saturated heterocycles. The number of likely N-dealkylation sites (tertiary alicyclic amines) is 1. The summed E-state index contributed by atoms with van der Waals surface area (Å²) < 4.78 is 31.1. The summed E-state index contributed by atoms with van der Waals surface area (Å²) in [5.41, 5.74) is 6.38. The van der Waals surface area contributed by atoms with Crippen molar-refractivity contribution in [3.05, 3.63) is 40.8 Å². The molecule has 0 bridgehead atoms. The van der Waals surface area contributed by atoms with Gasteiger partial charge in [-0.3, -0.25) is 4.79 Å². The first-order valence-electron chi connectivity index (χ1n) is 7.88. The molecule has 0 saturated carbocycles. The molecule has 0 atom stereocenters. The van der Waals surface area contributed by atoms with Crippen molar-refractivity contribution in [2.45, 2.75) is 25.4 Å². The maximum atomic E-state index is 12.3. The number of carbonyl (C=O) groups is 1. The zero-order chi connectivity index (χ0) is 18.4. The number of carbonyl (C=O) groups excluding carboxylic acids is 1. The first-order valence-corrected chi connectivity index (χ1v) is 9.81. The molecule has 9 heteroatoms. The molecule has 25 heavy (non-hydrogen) atoms. The van der Waals surface area contributed by atoms with E-state index in [1.54, 1.807) is 23.1 Å². The Bertz CT molecular complexity index is 731. The van der Waals surface area contributed by atoms with Gasteiger partial charge in [0.2, 0.25) is 10.0 Å². The van der Waals surface area contributed by atoms with Crippen LogP contribution in [0, 0.1) is 0 Å². The van der Waals surface area contributed by atoms with Crippen molar-refractivity contribution in [3.8, 4) is 5.75 Å². The van der Waals surface area contributed by atoms with Crippen LogP contribution in [0.25, 0.3) is 0 Å². The van der Waals surface area contributed by atoms with E-state index in [1.165, 1.54) is 0 Å². The minimum absolute atomic E-state index is 0.0995. The molecule has 1 amide bonds. The lowest BCUT2D eigenvalue weighted by atomic mass is 10.1. The van der Waals surface area contributed by atoms with Crippen molar-refractivity contribution in [1.29, 1.82) is 0 Å². The van der Waals surface area contributed by atoms with E-state index < -0.39 is 10.0 Å². The van der Waals surface area contributed by atoms with Gasteiger partial charge in [0.1, 0.15) is 5.75 Å². The molecule has 0 unspecified atom stereocenters. The Morgan fingerprint density at radius 1 is 1.44 bits per heavy atom. The van der Waals surface area contributed by atoms with Gasteiger partial charge >= 0.3 is 0 Å². The number of amides is 1. The number of rotatable bonds is 7. The Balaban J connectivity index is 1.84. The van der Waals surface area contributed by atoms with E-state index in [2.05, 4.69) is 11.3 Å². The van der Waals surface area contributed by atoms with Crippen molar-refractivity contribution in [1.82, 2.24) is 9.62 Å². The number of halogens is 1. The van der Waals surface area contributed by atoms with Gasteiger partial charge in [0, 0.05) is 41.7 Å². The zero-order valence-corrected chi connectivity index (χ0v) is 15.4. The van der Waals surface area contributed by atoms with Crippen LogP contribution in [0.15, 0.2) is 30.2 Å². The molecule has 1 aromatic carbocycles. The van der Waals surface area contributed by atoms with Gasteiger partial charge in [-0.15, -0.1) is 0 Å². The quantitative estimate of drug-likeness (QED) is 0.732. The van der Waals surface area contributed by atoms with E-state index >= 15 is 0 Å². The fourth-order valence-electron chi connectivity index (χ4n) is 2.61. The standard InChI is InChI=1S/C16H22ClN3O4S/c1-2-25(22,23)19-14-5-7-20(8-6-14)16(21)11-24-15-4-3-13(17)9-12(15)10-18/h2-4,9,14,19H,1,5-8,10-11,18H2. The Labute approximate surface area is 152 Å². The van der Waals surface area contributed by atoms with E-state index in [0.717, 1.165) is 11.0 Å². The third kappa shape index (κ3) is 5.71. The van der Waals surface area contributed by atoms with Crippen molar-refractivity contribution in [3.63, 3.8) is 0 Å². The van der Waals surface area contributed by atoms with Crippen molar-refractivity contribution in [2.24, 2.45) is 5.73 Å². The highest BCUT2D eigenvalue weighted by Gasteiger charge is 2.25. The average Bonchev–Trinajstić information content (AvgIpc) is 2.60. The van der Waals surface area contributed by atoms with Gasteiger partial charge in [-0.05, 0) is 31.0 Å². The molecule has 1 aliphatic rings. The highest BCUT2D eigenvalue weighted by Crippen LogP contribution is 2.22. The summed E-state index contributed by atoms with van der Waals surface area (Å²) in [5, 5.41) is 1.45. The van der Waals surface area contributed by atoms with Crippen LogP contribution in [0.2, 0.25) is 5.02 Å². The van der Waals surface area contributed by atoms with Crippen LogP contribution in [0.1, 0.15) is 18.4 Å². The Hall–Kier alpha value is -1.61. The van der Waals surface area contributed by atoms with E-state index in [9.17, 15) is 13.2 Å². The minimum Gasteiger partial charge on any atom is -0.483 e. The smallest absolute Gasteiger partial charge is 0.260 e. The number of nitrogens with zero attached hydrogens (tertiary/aromatic N) is 1. The van der Waals surface area contributed by atoms with Crippen molar-refractivity contribution in [2.75, 3.05) is 19.7 Å². The maximum Gasteiger partial charge on any atom is 0.260 e. The average molecular weight is 388 g/mol. The highest BCUT2D eigenvalue weighted by molar-refractivity contribution is 7.92. The zero-order valence-electron chi connectivity index (χ0n) is 13.8. The third-order valence-electron chi connectivity index (χ3n) is 3.99. The number of benzene rings is 1. The SMILES string of the molecule is C=CS(=O)(=O)NC1CCN(C(=O)COc2ccc(Cl)cc2CN)CC1. The largest absolute Gasteiger partial charge is 0.483 e. The molecule has 2 rings (SSSR count). The topological polar surface area (TPSA) is 102 Å². The summed E-state index contributed by atoms with van der Waals surface area (Å²) in [6, 6.07) is 4.89. The van der Waals surface area contributed by atoms with E-state index in [1.807, 2.05) is 0 Å². The molecule has 1 fully saturated rings. The first-order chi connectivity index (χ1) is 11.8. The lowest BCUT2D eigenvalue weighted by Gasteiger charge is -2.32. The molecule has 1 aromatic rings. The molecule has 138 valence electrons. The first kappa shape index (κ1) is 19.7. The second-order valence-electron chi connectivity index (χ2n) is 5.73. The van der Waals surface area contributed by atoms with Crippen LogP contribution in [0.4, 0.5) is 0 Å². The van der Waals surface area contributed by atoms with Gasteiger partial charge < -0.3 is 15.4 Å². The highest BCUT2D eigenvalue weighted by atomic mass is 35.5. The van der Waals surface area contributed by atoms with Crippen LogP contribution in [0.3, 0.4) is 0 Å². The number of piperidine rings is 1.